The first-order valence-electron chi connectivity index (χ1n) is 9.85. The van der Waals surface area contributed by atoms with Gasteiger partial charge in [-0.15, -0.1) is 0 Å². The highest BCUT2D eigenvalue weighted by molar-refractivity contribution is 5.32. The molecule has 0 radical (unpaired) electrons. The smallest absolute Gasteiger partial charge is 0.131 e. The van der Waals surface area contributed by atoms with Gasteiger partial charge in [0.15, 0.2) is 0 Å². The van der Waals surface area contributed by atoms with E-state index < -0.39 is 0 Å². The number of methoxy groups -OCH3 is 1. The molecule has 2 aromatic carbocycles. The summed E-state index contributed by atoms with van der Waals surface area (Å²) in [6, 6.07) is 13.2. The maximum absolute atomic E-state index is 14.4. The molecule has 1 heterocycles. The van der Waals surface area contributed by atoms with Crippen molar-refractivity contribution in [1.82, 2.24) is 16.2 Å². The summed E-state index contributed by atoms with van der Waals surface area (Å²) >= 11 is 0. The van der Waals surface area contributed by atoms with Crippen molar-refractivity contribution < 1.29 is 13.9 Å². The number of rotatable bonds is 9. The highest BCUT2D eigenvalue weighted by Gasteiger charge is 2.29. The standard InChI is InChI=1S/C22H30FN3O2/c1-15(2)28-18-6-4-16(5-7-18)10-11-24-13-17-14-25-26-22(17)20-9-8-19(27-3)12-21(20)23/h4-9,12,15,17,22,24-26H,10-11,13-14H2,1-3H3. The summed E-state index contributed by atoms with van der Waals surface area (Å²) in [5.74, 6) is 1.46. The molecule has 1 fully saturated rings. The van der Waals surface area contributed by atoms with Crippen LogP contribution in [0.15, 0.2) is 42.5 Å². The quantitative estimate of drug-likeness (QED) is 0.577. The minimum absolute atomic E-state index is 0.0640. The molecule has 5 nitrogen and oxygen atoms in total. The van der Waals surface area contributed by atoms with Gasteiger partial charge in [0.2, 0.25) is 0 Å². The monoisotopic (exact) mass is 387 g/mol. The zero-order valence-electron chi connectivity index (χ0n) is 16.8. The molecule has 1 saturated heterocycles. The van der Waals surface area contributed by atoms with Crippen molar-refractivity contribution in [3.05, 3.63) is 59.4 Å². The molecule has 3 N–H and O–H groups in total. The Morgan fingerprint density at radius 3 is 2.57 bits per heavy atom. The van der Waals surface area contributed by atoms with E-state index in [4.69, 9.17) is 9.47 Å². The maximum Gasteiger partial charge on any atom is 0.131 e. The molecule has 0 amide bonds. The zero-order valence-corrected chi connectivity index (χ0v) is 16.8. The average molecular weight is 387 g/mol. The molecule has 2 aromatic rings. The summed E-state index contributed by atoms with van der Waals surface area (Å²) in [7, 11) is 1.54. The molecule has 0 aromatic heterocycles. The topological polar surface area (TPSA) is 54.5 Å². The van der Waals surface area contributed by atoms with Gasteiger partial charge in [-0.25, -0.2) is 9.82 Å². The third kappa shape index (κ3) is 5.44. The van der Waals surface area contributed by atoms with Crippen LogP contribution < -0.4 is 25.6 Å². The van der Waals surface area contributed by atoms with Crippen molar-refractivity contribution in [3.63, 3.8) is 0 Å². The Morgan fingerprint density at radius 2 is 1.89 bits per heavy atom. The Balaban J connectivity index is 1.47. The normalized spacial score (nSPS) is 19.2. The van der Waals surface area contributed by atoms with Crippen molar-refractivity contribution in [2.45, 2.75) is 32.4 Å². The highest BCUT2D eigenvalue weighted by atomic mass is 19.1. The van der Waals surface area contributed by atoms with Crippen molar-refractivity contribution >= 4 is 0 Å². The fourth-order valence-electron chi connectivity index (χ4n) is 3.47. The molecule has 6 heteroatoms. The second-order valence-electron chi connectivity index (χ2n) is 7.42. The van der Waals surface area contributed by atoms with Crippen LogP contribution in [0.25, 0.3) is 0 Å². The lowest BCUT2D eigenvalue weighted by Gasteiger charge is -2.20. The van der Waals surface area contributed by atoms with Crippen LogP contribution in [-0.4, -0.2) is 32.8 Å². The SMILES string of the molecule is COc1ccc(C2NNCC2CNCCc2ccc(OC(C)C)cc2)c(F)c1. The predicted molar refractivity (Wildman–Crippen MR) is 109 cm³/mol. The van der Waals surface area contributed by atoms with E-state index in [1.54, 1.807) is 19.2 Å². The van der Waals surface area contributed by atoms with E-state index in [2.05, 4.69) is 28.3 Å². The molecule has 1 aliphatic heterocycles. The van der Waals surface area contributed by atoms with E-state index in [-0.39, 0.29) is 23.9 Å². The first-order valence-corrected chi connectivity index (χ1v) is 9.85. The van der Waals surface area contributed by atoms with Gasteiger partial charge in [0.25, 0.3) is 0 Å². The van der Waals surface area contributed by atoms with Gasteiger partial charge in [-0.1, -0.05) is 18.2 Å². The Labute approximate surface area is 166 Å². The molecule has 0 spiro atoms. The third-order valence-electron chi connectivity index (χ3n) is 4.93. The van der Waals surface area contributed by atoms with Gasteiger partial charge in [-0.3, -0.25) is 5.43 Å². The summed E-state index contributed by atoms with van der Waals surface area (Å²) in [4.78, 5) is 0. The molecule has 2 unspecified atom stereocenters. The lowest BCUT2D eigenvalue weighted by Crippen LogP contribution is -2.30. The van der Waals surface area contributed by atoms with Crippen molar-refractivity contribution in [1.29, 1.82) is 0 Å². The fourth-order valence-corrected chi connectivity index (χ4v) is 3.47. The average Bonchev–Trinajstić information content (AvgIpc) is 3.14. The second kappa shape index (κ2) is 9.87. The Morgan fingerprint density at radius 1 is 1.14 bits per heavy atom. The van der Waals surface area contributed by atoms with Crippen LogP contribution in [0.2, 0.25) is 0 Å². The van der Waals surface area contributed by atoms with Gasteiger partial charge in [-0.05, 0) is 50.6 Å². The van der Waals surface area contributed by atoms with Crippen LogP contribution in [0.1, 0.15) is 31.0 Å². The molecule has 3 rings (SSSR count). The third-order valence-corrected chi connectivity index (χ3v) is 4.93. The minimum atomic E-state index is -0.241. The second-order valence-corrected chi connectivity index (χ2v) is 7.42. The molecule has 0 bridgehead atoms. The van der Waals surface area contributed by atoms with E-state index in [1.165, 1.54) is 11.6 Å². The van der Waals surface area contributed by atoms with Crippen LogP contribution in [0.3, 0.4) is 0 Å². The van der Waals surface area contributed by atoms with E-state index in [9.17, 15) is 4.39 Å². The summed E-state index contributed by atoms with van der Waals surface area (Å²) in [6.45, 7) is 6.53. The number of benzene rings is 2. The maximum atomic E-state index is 14.4. The first kappa shape index (κ1) is 20.6. The summed E-state index contributed by atoms with van der Waals surface area (Å²) in [5, 5.41) is 3.51. The molecule has 152 valence electrons. The van der Waals surface area contributed by atoms with Gasteiger partial charge in [0.05, 0.1) is 19.3 Å². The highest BCUT2D eigenvalue weighted by Crippen LogP contribution is 2.28. The Kier molecular flexibility index (Phi) is 7.25. The molecule has 1 aliphatic rings. The minimum Gasteiger partial charge on any atom is -0.497 e. The number of hydrogen-bond acceptors (Lipinski definition) is 5. The summed E-state index contributed by atoms with van der Waals surface area (Å²) in [5.41, 5.74) is 8.28. The molecule has 0 saturated carbocycles. The van der Waals surface area contributed by atoms with Crippen molar-refractivity contribution in [2.75, 3.05) is 26.7 Å². The van der Waals surface area contributed by atoms with Crippen LogP contribution in [0.5, 0.6) is 11.5 Å². The van der Waals surface area contributed by atoms with Gasteiger partial charge in [0, 0.05) is 30.6 Å². The fraction of sp³-hybridized carbons (Fsp3) is 0.455. The van der Waals surface area contributed by atoms with Gasteiger partial charge in [-0.2, -0.15) is 0 Å². The van der Waals surface area contributed by atoms with Crippen molar-refractivity contribution in [2.24, 2.45) is 5.92 Å². The molecular weight excluding hydrogens is 357 g/mol. The van der Waals surface area contributed by atoms with E-state index in [1.807, 2.05) is 26.0 Å². The van der Waals surface area contributed by atoms with Gasteiger partial charge < -0.3 is 14.8 Å². The zero-order chi connectivity index (χ0) is 19.9. The van der Waals surface area contributed by atoms with E-state index >= 15 is 0 Å². The van der Waals surface area contributed by atoms with Crippen molar-refractivity contribution in [3.8, 4) is 11.5 Å². The Hall–Kier alpha value is -2.15. The predicted octanol–water partition coefficient (Wildman–Crippen LogP) is 3.22. The number of nitrogens with one attached hydrogen (secondary N) is 3. The lowest BCUT2D eigenvalue weighted by atomic mass is 9.94. The summed E-state index contributed by atoms with van der Waals surface area (Å²) in [6.07, 6.45) is 1.13. The van der Waals surface area contributed by atoms with Crippen LogP contribution in [0.4, 0.5) is 4.39 Å². The van der Waals surface area contributed by atoms with Crippen LogP contribution >= 0.6 is 0 Å². The Bertz CT molecular complexity index is 752. The van der Waals surface area contributed by atoms with E-state index in [0.29, 0.717) is 11.3 Å². The first-order chi connectivity index (χ1) is 13.6. The number of ether oxygens (including phenoxy) is 2. The lowest BCUT2D eigenvalue weighted by molar-refractivity contribution is 0.242. The molecule has 28 heavy (non-hydrogen) atoms. The molecule has 0 aliphatic carbocycles. The summed E-state index contributed by atoms with van der Waals surface area (Å²) < 4.78 is 25.2. The molecular formula is C22H30FN3O2. The van der Waals surface area contributed by atoms with Crippen LogP contribution in [0, 0.1) is 11.7 Å². The van der Waals surface area contributed by atoms with E-state index in [0.717, 1.165) is 31.8 Å². The number of hydrazine groups is 1. The van der Waals surface area contributed by atoms with Gasteiger partial charge >= 0.3 is 0 Å². The largest absolute Gasteiger partial charge is 0.497 e. The van der Waals surface area contributed by atoms with Crippen LogP contribution in [-0.2, 0) is 6.42 Å². The number of halogens is 1. The van der Waals surface area contributed by atoms with Gasteiger partial charge in [0.1, 0.15) is 17.3 Å². The number of hydrogen-bond donors (Lipinski definition) is 3. The molecule has 2 atom stereocenters.